The largest absolute Gasteiger partial charge is 0.350 e. The highest BCUT2D eigenvalue weighted by Gasteiger charge is 2.04. The van der Waals surface area contributed by atoms with E-state index in [9.17, 15) is 9.59 Å². The lowest BCUT2D eigenvalue weighted by Crippen LogP contribution is -2.31. The van der Waals surface area contributed by atoms with Gasteiger partial charge in [0.25, 0.3) is 11.5 Å². The molecule has 0 spiro atoms. The fourth-order valence-electron chi connectivity index (χ4n) is 1.53. The molecule has 0 saturated carbocycles. The van der Waals surface area contributed by atoms with Crippen LogP contribution in [0.25, 0.3) is 0 Å². The number of carbonyl (C=O) groups is 1. The van der Waals surface area contributed by atoms with Crippen LogP contribution in [-0.4, -0.2) is 22.2 Å². The molecular weight excluding hydrogens is 357 g/mol. The number of amides is 1. The Balaban J connectivity index is 1.89. The summed E-state index contributed by atoms with van der Waals surface area (Å²) in [5.41, 5.74) is 0.430. The first-order valence-corrected chi connectivity index (χ1v) is 6.80. The molecule has 0 unspecified atom stereocenters. The third-order valence-corrected chi connectivity index (χ3v) is 3.22. The predicted molar refractivity (Wildman–Crippen MR) is 80.0 cm³/mol. The second-order valence-corrected chi connectivity index (χ2v) is 5.09. The highest BCUT2D eigenvalue weighted by Crippen LogP contribution is 2.06. The van der Waals surface area contributed by atoms with Gasteiger partial charge < -0.3 is 5.32 Å². The summed E-state index contributed by atoms with van der Waals surface area (Å²) >= 11 is 2.18. The average molecular weight is 369 g/mol. The van der Waals surface area contributed by atoms with E-state index in [0.717, 1.165) is 3.57 Å². The van der Waals surface area contributed by atoms with Gasteiger partial charge >= 0.3 is 0 Å². The van der Waals surface area contributed by atoms with Gasteiger partial charge in [0.15, 0.2) is 0 Å². The van der Waals surface area contributed by atoms with Crippen LogP contribution in [-0.2, 0) is 6.54 Å². The van der Waals surface area contributed by atoms with E-state index < -0.39 is 0 Å². The fraction of sp³-hybridized carbons (Fsp3) is 0.154. The SMILES string of the molecule is O=C(NCCn1ncccc1=O)c1ccc(I)cc1. The summed E-state index contributed by atoms with van der Waals surface area (Å²) in [6, 6.07) is 10.3. The number of nitrogens with zero attached hydrogens (tertiary/aromatic N) is 2. The molecule has 0 atom stereocenters. The van der Waals surface area contributed by atoms with E-state index in [0.29, 0.717) is 18.7 Å². The first-order chi connectivity index (χ1) is 9.16. The maximum Gasteiger partial charge on any atom is 0.266 e. The molecule has 1 N–H and O–H groups in total. The number of rotatable bonds is 4. The maximum atomic E-state index is 11.8. The number of benzene rings is 1. The van der Waals surface area contributed by atoms with Gasteiger partial charge in [-0.1, -0.05) is 0 Å². The van der Waals surface area contributed by atoms with Crippen LogP contribution in [0, 0.1) is 3.57 Å². The molecule has 0 fully saturated rings. The molecule has 2 aromatic rings. The van der Waals surface area contributed by atoms with Crippen molar-refractivity contribution in [3.05, 3.63) is 62.1 Å². The van der Waals surface area contributed by atoms with E-state index in [2.05, 4.69) is 33.0 Å². The van der Waals surface area contributed by atoms with Crippen LogP contribution in [0.15, 0.2) is 47.4 Å². The summed E-state index contributed by atoms with van der Waals surface area (Å²) in [5.74, 6) is -0.152. The standard InChI is InChI=1S/C13H12IN3O2/c14-11-5-3-10(4-6-11)13(19)15-8-9-17-12(18)2-1-7-16-17/h1-7H,8-9H2,(H,15,19). The lowest BCUT2D eigenvalue weighted by molar-refractivity contribution is 0.0951. The van der Waals surface area contributed by atoms with E-state index in [1.807, 2.05) is 12.1 Å². The number of hydrogen-bond acceptors (Lipinski definition) is 3. The van der Waals surface area contributed by atoms with Crippen molar-refractivity contribution in [2.24, 2.45) is 0 Å². The molecule has 19 heavy (non-hydrogen) atoms. The second kappa shape index (κ2) is 6.46. The summed E-state index contributed by atoms with van der Waals surface area (Å²) in [6.07, 6.45) is 1.54. The van der Waals surface area contributed by atoms with Gasteiger partial charge in [-0.2, -0.15) is 5.10 Å². The Bertz CT molecular complexity index is 622. The zero-order valence-electron chi connectivity index (χ0n) is 10.0. The molecule has 5 nitrogen and oxygen atoms in total. The highest BCUT2D eigenvalue weighted by molar-refractivity contribution is 14.1. The van der Waals surface area contributed by atoms with Crippen molar-refractivity contribution in [1.82, 2.24) is 15.1 Å². The van der Waals surface area contributed by atoms with Crippen LogP contribution in [0.2, 0.25) is 0 Å². The lowest BCUT2D eigenvalue weighted by atomic mass is 10.2. The number of carbonyl (C=O) groups excluding carboxylic acids is 1. The third-order valence-electron chi connectivity index (χ3n) is 2.50. The van der Waals surface area contributed by atoms with Gasteiger partial charge in [-0.3, -0.25) is 9.59 Å². The molecule has 0 saturated heterocycles. The zero-order chi connectivity index (χ0) is 13.7. The van der Waals surface area contributed by atoms with E-state index >= 15 is 0 Å². The first kappa shape index (κ1) is 13.7. The smallest absolute Gasteiger partial charge is 0.266 e. The minimum atomic E-state index is -0.175. The van der Waals surface area contributed by atoms with E-state index in [-0.39, 0.29) is 11.5 Å². The molecule has 2 rings (SSSR count). The first-order valence-electron chi connectivity index (χ1n) is 5.73. The van der Waals surface area contributed by atoms with Crippen LogP contribution < -0.4 is 10.9 Å². The Labute approximate surface area is 123 Å². The van der Waals surface area contributed by atoms with Gasteiger partial charge in [-0.05, 0) is 52.9 Å². The Hall–Kier alpha value is -1.70. The van der Waals surface area contributed by atoms with Crippen molar-refractivity contribution < 1.29 is 4.79 Å². The summed E-state index contributed by atoms with van der Waals surface area (Å²) in [5, 5.41) is 6.66. The minimum Gasteiger partial charge on any atom is -0.350 e. The molecule has 1 heterocycles. The van der Waals surface area contributed by atoms with Gasteiger partial charge in [0.2, 0.25) is 0 Å². The van der Waals surface area contributed by atoms with Crippen molar-refractivity contribution in [3.63, 3.8) is 0 Å². The summed E-state index contributed by atoms with van der Waals surface area (Å²) < 4.78 is 2.39. The lowest BCUT2D eigenvalue weighted by Gasteiger charge is -2.06. The van der Waals surface area contributed by atoms with Crippen molar-refractivity contribution >= 4 is 28.5 Å². The predicted octanol–water partition coefficient (Wildman–Crippen LogP) is 1.28. The number of aromatic nitrogens is 2. The molecule has 0 aliphatic heterocycles. The third kappa shape index (κ3) is 3.88. The Morgan fingerprint density at radius 3 is 2.68 bits per heavy atom. The number of hydrogen-bond donors (Lipinski definition) is 1. The van der Waals surface area contributed by atoms with Crippen LogP contribution in [0.1, 0.15) is 10.4 Å². The van der Waals surface area contributed by atoms with Crippen LogP contribution in [0.4, 0.5) is 0 Å². The molecule has 0 aliphatic carbocycles. The zero-order valence-corrected chi connectivity index (χ0v) is 12.2. The molecule has 1 amide bonds. The summed E-state index contributed by atoms with van der Waals surface area (Å²) in [6.45, 7) is 0.720. The molecule has 0 bridgehead atoms. The van der Waals surface area contributed by atoms with Gasteiger partial charge in [-0.25, -0.2) is 4.68 Å². The average Bonchev–Trinajstić information content (AvgIpc) is 2.41. The monoisotopic (exact) mass is 369 g/mol. The summed E-state index contributed by atoms with van der Waals surface area (Å²) in [4.78, 5) is 23.2. The number of halogens is 1. The maximum absolute atomic E-state index is 11.8. The topological polar surface area (TPSA) is 64.0 Å². The highest BCUT2D eigenvalue weighted by atomic mass is 127. The Kier molecular flexibility index (Phi) is 4.67. The van der Waals surface area contributed by atoms with Gasteiger partial charge in [-0.15, -0.1) is 0 Å². The van der Waals surface area contributed by atoms with E-state index in [1.54, 1.807) is 24.4 Å². The van der Waals surface area contributed by atoms with Gasteiger partial charge in [0.05, 0.1) is 6.54 Å². The quantitative estimate of drug-likeness (QED) is 0.826. The second-order valence-electron chi connectivity index (χ2n) is 3.85. The molecular formula is C13H12IN3O2. The summed E-state index contributed by atoms with van der Waals surface area (Å²) in [7, 11) is 0. The van der Waals surface area contributed by atoms with E-state index in [4.69, 9.17) is 0 Å². The van der Waals surface area contributed by atoms with Crippen LogP contribution in [0.3, 0.4) is 0 Å². The minimum absolute atomic E-state index is 0.152. The molecule has 6 heteroatoms. The van der Waals surface area contributed by atoms with Gasteiger partial charge in [0.1, 0.15) is 0 Å². The molecule has 0 aliphatic rings. The van der Waals surface area contributed by atoms with Crippen LogP contribution >= 0.6 is 22.6 Å². The fourth-order valence-corrected chi connectivity index (χ4v) is 1.89. The van der Waals surface area contributed by atoms with Crippen molar-refractivity contribution in [3.8, 4) is 0 Å². The van der Waals surface area contributed by atoms with Crippen molar-refractivity contribution in [2.45, 2.75) is 6.54 Å². The molecule has 98 valence electrons. The number of nitrogens with one attached hydrogen (secondary N) is 1. The van der Waals surface area contributed by atoms with Crippen molar-refractivity contribution in [2.75, 3.05) is 6.54 Å². The Morgan fingerprint density at radius 1 is 1.26 bits per heavy atom. The normalized spacial score (nSPS) is 10.2. The van der Waals surface area contributed by atoms with E-state index in [1.165, 1.54) is 10.7 Å². The Morgan fingerprint density at radius 2 is 2.00 bits per heavy atom. The molecule has 0 radical (unpaired) electrons. The van der Waals surface area contributed by atoms with Crippen molar-refractivity contribution in [1.29, 1.82) is 0 Å². The molecule has 1 aromatic heterocycles. The van der Waals surface area contributed by atoms with Gasteiger partial charge in [0, 0.05) is 27.9 Å². The molecule has 1 aromatic carbocycles. The van der Waals surface area contributed by atoms with Crippen LogP contribution in [0.5, 0.6) is 0 Å².